The molecule has 7 heteroatoms. The van der Waals surface area contributed by atoms with E-state index in [0.29, 0.717) is 17.5 Å². The second-order valence-corrected chi connectivity index (χ2v) is 7.14. The summed E-state index contributed by atoms with van der Waals surface area (Å²) in [6.45, 7) is 5.17. The lowest BCUT2D eigenvalue weighted by Crippen LogP contribution is -2.45. The van der Waals surface area contributed by atoms with Crippen LogP contribution >= 0.6 is 0 Å². The van der Waals surface area contributed by atoms with Crippen molar-refractivity contribution in [2.24, 2.45) is 0 Å². The van der Waals surface area contributed by atoms with Crippen LogP contribution in [0, 0.1) is 5.82 Å². The molecule has 1 aromatic heterocycles. The summed E-state index contributed by atoms with van der Waals surface area (Å²) in [5, 5.41) is 8.21. The van der Waals surface area contributed by atoms with Gasteiger partial charge in [0, 0.05) is 32.6 Å². The van der Waals surface area contributed by atoms with Crippen molar-refractivity contribution in [3.05, 3.63) is 36.0 Å². The van der Waals surface area contributed by atoms with E-state index in [0.717, 1.165) is 45.4 Å². The monoisotopic (exact) mass is 358 g/mol. The molecule has 1 unspecified atom stereocenters. The topological polar surface area (TPSA) is 62.5 Å². The average Bonchev–Trinajstić information content (AvgIpc) is 3.32. The number of likely N-dealkylation sites (tertiary alicyclic amines) is 2. The van der Waals surface area contributed by atoms with E-state index in [1.807, 2.05) is 4.90 Å². The van der Waals surface area contributed by atoms with Crippen molar-refractivity contribution >= 4 is 5.91 Å². The van der Waals surface area contributed by atoms with Crippen molar-refractivity contribution in [2.45, 2.75) is 38.1 Å². The van der Waals surface area contributed by atoms with Crippen LogP contribution in [0.2, 0.25) is 0 Å². The number of halogens is 1. The van der Waals surface area contributed by atoms with E-state index in [9.17, 15) is 9.18 Å². The Hall–Kier alpha value is -2.28. The highest BCUT2D eigenvalue weighted by Crippen LogP contribution is 2.32. The molecule has 2 saturated heterocycles. The molecule has 2 aliphatic rings. The number of benzene rings is 1. The van der Waals surface area contributed by atoms with Crippen molar-refractivity contribution in [1.82, 2.24) is 20.0 Å². The fraction of sp³-hybridized carbons (Fsp3) is 0.526. The lowest BCUT2D eigenvalue weighted by atomic mass is 10.0. The third kappa shape index (κ3) is 3.35. The Kier molecular flexibility index (Phi) is 4.72. The second kappa shape index (κ2) is 7.15. The minimum absolute atomic E-state index is 0.161. The Balaban J connectivity index is 1.39. The van der Waals surface area contributed by atoms with Gasteiger partial charge in [-0.25, -0.2) is 4.39 Å². The quantitative estimate of drug-likeness (QED) is 0.844. The number of hydrogen-bond donors (Lipinski definition) is 0. The molecule has 1 atom stereocenters. The highest BCUT2D eigenvalue weighted by Gasteiger charge is 2.34. The van der Waals surface area contributed by atoms with Crippen molar-refractivity contribution in [1.29, 1.82) is 0 Å². The van der Waals surface area contributed by atoms with Crippen LogP contribution in [-0.4, -0.2) is 58.1 Å². The summed E-state index contributed by atoms with van der Waals surface area (Å²) < 4.78 is 19.7. The van der Waals surface area contributed by atoms with E-state index in [4.69, 9.17) is 4.42 Å². The van der Waals surface area contributed by atoms with Gasteiger partial charge in [0.15, 0.2) is 0 Å². The van der Waals surface area contributed by atoms with E-state index in [1.54, 1.807) is 25.1 Å². The summed E-state index contributed by atoms with van der Waals surface area (Å²) in [7, 11) is 0. The minimum Gasteiger partial charge on any atom is -0.420 e. The number of nitrogens with zero attached hydrogens (tertiary/aromatic N) is 4. The summed E-state index contributed by atoms with van der Waals surface area (Å²) in [4.78, 5) is 15.9. The van der Waals surface area contributed by atoms with Crippen molar-refractivity contribution in [3.63, 3.8) is 0 Å². The number of hydrogen-bond acceptors (Lipinski definition) is 5. The van der Waals surface area contributed by atoms with Crippen LogP contribution in [0.5, 0.6) is 0 Å². The first-order valence-corrected chi connectivity index (χ1v) is 9.19. The number of aromatic nitrogens is 2. The number of piperidine rings is 1. The van der Waals surface area contributed by atoms with Gasteiger partial charge in [-0.15, -0.1) is 10.2 Å². The Labute approximate surface area is 152 Å². The lowest BCUT2D eigenvalue weighted by molar-refractivity contribution is -0.130. The SMILES string of the molecule is CC(=O)N1CCC(N2CCC(c3nnc(-c4ccccc4F)o3)C2)CC1. The van der Waals surface area contributed by atoms with Crippen LogP contribution in [0.15, 0.2) is 28.7 Å². The first-order valence-electron chi connectivity index (χ1n) is 9.19. The van der Waals surface area contributed by atoms with E-state index in [2.05, 4.69) is 15.1 Å². The Morgan fingerprint density at radius 2 is 1.92 bits per heavy atom. The number of carbonyl (C=O) groups is 1. The normalized spacial score (nSPS) is 22.1. The third-order valence-electron chi connectivity index (χ3n) is 5.54. The Morgan fingerprint density at radius 3 is 2.65 bits per heavy atom. The summed E-state index contributed by atoms with van der Waals surface area (Å²) in [5.74, 6) is 0.828. The molecule has 0 N–H and O–H groups in total. The summed E-state index contributed by atoms with van der Waals surface area (Å²) in [5.41, 5.74) is 0.345. The maximum absolute atomic E-state index is 13.9. The molecule has 138 valence electrons. The molecule has 2 aromatic rings. The largest absolute Gasteiger partial charge is 0.420 e. The van der Waals surface area contributed by atoms with Gasteiger partial charge in [0.2, 0.25) is 11.8 Å². The molecule has 0 aliphatic carbocycles. The molecule has 26 heavy (non-hydrogen) atoms. The van der Waals surface area contributed by atoms with Gasteiger partial charge < -0.3 is 9.32 Å². The van der Waals surface area contributed by atoms with Crippen LogP contribution in [0.1, 0.15) is 38.0 Å². The minimum atomic E-state index is -0.354. The first kappa shape index (κ1) is 17.1. The molecular formula is C19H23FN4O2. The van der Waals surface area contributed by atoms with E-state index in [-0.39, 0.29) is 23.5 Å². The van der Waals surface area contributed by atoms with Crippen LogP contribution < -0.4 is 0 Å². The highest BCUT2D eigenvalue weighted by molar-refractivity contribution is 5.73. The fourth-order valence-electron chi connectivity index (χ4n) is 4.01. The fourth-order valence-corrected chi connectivity index (χ4v) is 4.01. The molecule has 0 bridgehead atoms. The van der Waals surface area contributed by atoms with Gasteiger partial charge in [0.1, 0.15) is 5.82 Å². The molecule has 0 spiro atoms. The standard InChI is InChI=1S/C19H23FN4O2/c1-13(25)23-10-7-15(8-11-23)24-9-6-14(12-24)18-21-22-19(26-18)16-4-2-3-5-17(16)20/h2-5,14-15H,6-12H2,1H3. The smallest absolute Gasteiger partial charge is 0.250 e. The summed E-state index contributed by atoms with van der Waals surface area (Å²) in [6.07, 6.45) is 2.99. The van der Waals surface area contributed by atoms with E-state index in [1.165, 1.54) is 6.07 Å². The van der Waals surface area contributed by atoms with Gasteiger partial charge in [-0.2, -0.15) is 0 Å². The summed E-state index contributed by atoms with van der Waals surface area (Å²) in [6, 6.07) is 6.94. The summed E-state index contributed by atoms with van der Waals surface area (Å²) >= 11 is 0. The van der Waals surface area contributed by atoms with Gasteiger partial charge in [-0.05, 0) is 37.9 Å². The zero-order valence-corrected chi connectivity index (χ0v) is 14.9. The van der Waals surface area contributed by atoms with Crippen LogP contribution in [0.4, 0.5) is 4.39 Å². The molecule has 4 rings (SSSR count). The molecule has 6 nitrogen and oxygen atoms in total. The van der Waals surface area contributed by atoms with E-state index >= 15 is 0 Å². The van der Waals surface area contributed by atoms with Crippen LogP contribution in [-0.2, 0) is 4.79 Å². The zero-order chi connectivity index (χ0) is 18.1. The van der Waals surface area contributed by atoms with Crippen molar-refractivity contribution in [3.8, 4) is 11.5 Å². The zero-order valence-electron chi connectivity index (χ0n) is 14.9. The number of rotatable bonds is 3. The molecule has 1 amide bonds. The predicted octanol–water partition coefficient (Wildman–Crippen LogP) is 2.68. The maximum Gasteiger partial charge on any atom is 0.250 e. The van der Waals surface area contributed by atoms with Gasteiger partial charge in [0.05, 0.1) is 11.5 Å². The number of amides is 1. The van der Waals surface area contributed by atoms with Crippen molar-refractivity contribution < 1.29 is 13.6 Å². The van der Waals surface area contributed by atoms with Gasteiger partial charge in [0.25, 0.3) is 5.89 Å². The van der Waals surface area contributed by atoms with Gasteiger partial charge >= 0.3 is 0 Å². The molecule has 0 saturated carbocycles. The highest BCUT2D eigenvalue weighted by atomic mass is 19.1. The molecule has 1 aromatic carbocycles. The number of carbonyl (C=O) groups excluding carboxylic acids is 1. The van der Waals surface area contributed by atoms with Crippen molar-refractivity contribution in [2.75, 3.05) is 26.2 Å². The molecule has 0 radical (unpaired) electrons. The van der Waals surface area contributed by atoms with Crippen LogP contribution in [0.3, 0.4) is 0 Å². The Bertz CT molecular complexity index is 785. The molecule has 3 heterocycles. The predicted molar refractivity (Wildman–Crippen MR) is 93.9 cm³/mol. The second-order valence-electron chi connectivity index (χ2n) is 7.14. The average molecular weight is 358 g/mol. The molecule has 2 fully saturated rings. The van der Waals surface area contributed by atoms with Gasteiger partial charge in [-0.3, -0.25) is 9.69 Å². The maximum atomic E-state index is 13.9. The molecular weight excluding hydrogens is 335 g/mol. The lowest BCUT2D eigenvalue weighted by Gasteiger charge is -2.36. The van der Waals surface area contributed by atoms with E-state index < -0.39 is 0 Å². The Morgan fingerprint density at radius 1 is 1.15 bits per heavy atom. The van der Waals surface area contributed by atoms with Gasteiger partial charge in [-0.1, -0.05) is 12.1 Å². The molecule has 2 aliphatic heterocycles. The third-order valence-corrected chi connectivity index (χ3v) is 5.54. The first-order chi connectivity index (χ1) is 12.6. The van der Waals surface area contributed by atoms with Crippen LogP contribution in [0.25, 0.3) is 11.5 Å².